The van der Waals surface area contributed by atoms with Crippen LogP contribution in [0.4, 0.5) is 5.69 Å². The standard InChI is InChI=1S/C21H18N2O/c24-21-18-8-4-5-9-19(18)22-14-20(23-21)17-12-10-16(11-13-17)15-6-2-1-3-7-15/h1-13,20,22H,14H2,(H,23,24). The lowest BCUT2D eigenvalue weighted by Gasteiger charge is -2.17. The van der Waals surface area contributed by atoms with Crippen LogP contribution in [0.15, 0.2) is 78.9 Å². The average Bonchev–Trinajstić information content (AvgIpc) is 2.82. The zero-order valence-corrected chi connectivity index (χ0v) is 13.2. The van der Waals surface area contributed by atoms with Crippen molar-refractivity contribution in [3.63, 3.8) is 0 Å². The Hall–Kier alpha value is -3.07. The molecule has 3 heteroatoms. The maximum Gasteiger partial charge on any atom is 0.253 e. The van der Waals surface area contributed by atoms with Crippen molar-refractivity contribution in [3.8, 4) is 11.1 Å². The predicted octanol–water partition coefficient (Wildman–Crippen LogP) is 4.25. The summed E-state index contributed by atoms with van der Waals surface area (Å²) < 4.78 is 0. The summed E-state index contributed by atoms with van der Waals surface area (Å²) in [5.41, 5.74) is 5.05. The molecule has 1 atom stereocenters. The van der Waals surface area contributed by atoms with Crippen LogP contribution in [0.25, 0.3) is 11.1 Å². The first-order valence-electron chi connectivity index (χ1n) is 8.10. The number of hydrogen-bond acceptors (Lipinski definition) is 2. The van der Waals surface area contributed by atoms with E-state index < -0.39 is 0 Å². The molecule has 3 nitrogen and oxygen atoms in total. The first-order chi connectivity index (χ1) is 11.8. The zero-order chi connectivity index (χ0) is 16.4. The Labute approximate surface area is 141 Å². The number of carbonyl (C=O) groups excluding carboxylic acids is 1. The molecule has 0 aliphatic carbocycles. The molecule has 0 saturated carbocycles. The summed E-state index contributed by atoms with van der Waals surface area (Å²) in [5, 5.41) is 6.48. The lowest BCUT2D eigenvalue weighted by Crippen LogP contribution is -2.29. The minimum atomic E-state index is -0.0466. The summed E-state index contributed by atoms with van der Waals surface area (Å²) in [5.74, 6) is -0.0345. The highest BCUT2D eigenvalue weighted by atomic mass is 16.1. The molecule has 0 aromatic heterocycles. The third kappa shape index (κ3) is 2.76. The Morgan fingerprint density at radius 1 is 0.750 bits per heavy atom. The van der Waals surface area contributed by atoms with Gasteiger partial charge < -0.3 is 10.6 Å². The molecule has 2 N–H and O–H groups in total. The number of hydrogen-bond donors (Lipinski definition) is 2. The molecule has 3 aromatic carbocycles. The Kier molecular flexibility index (Phi) is 3.75. The summed E-state index contributed by atoms with van der Waals surface area (Å²) in [6.45, 7) is 0.674. The van der Waals surface area contributed by atoms with Crippen molar-refractivity contribution in [2.24, 2.45) is 0 Å². The molecule has 118 valence electrons. The highest BCUT2D eigenvalue weighted by Gasteiger charge is 2.21. The van der Waals surface area contributed by atoms with Crippen LogP contribution < -0.4 is 10.6 Å². The van der Waals surface area contributed by atoms with Gasteiger partial charge in [-0.2, -0.15) is 0 Å². The second kappa shape index (κ2) is 6.20. The number of rotatable bonds is 2. The number of nitrogens with one attached hydrogen (secondary N) is 2. The van der Waals surface area contributed by atoms with Crippen molar-refractivity contribution < 1.29 is 4.79 Å². The van der Waals surface area contributed by atoms with E-state index in [2.05, 4.69) is 47.0 Å². The normalized spacial score (nSPS) is 16.5. The average molecular weight is 314 g/mol. The second-order valence-corrected chi connectivity index (χ2v) is 5.94. The largest absolute Gasteiger partial charge is 0.382 e. The Morgan fingerprint density at radius 2 is 1.42 bits per heavy atom. The number of benzene rings is 3. The summed E-state index contributed by atoms with van der Waals surface area (Å²) in [7, 11) is 0. The smallest absolute Gasteiger partial charge is 0.253 e. The third-order valence-electron chi connectivity index (χ3n) is 4.39. The van der Waals surface area contributed by atoms with Gasteiger partial charge in [-0.15, -0.1) is 0 Å². The highest BCUT2D eigenvalue weighted by Crippen LogP contribution is 2.25. The van der Waals surface area contributed by atoms with E-state index in [1.165, 1.54) is 11.1 Å². The molecule has 0 bridgehead atoms. The van der Waals surface area contributed by atoms with Crippen molar-refractivity contribution in [1.29, 1.82) is 0 Å². The Morgan fingerprint density at radius 3 is 2.21 bits per heavy atom. The van der Waals surface area contributed by atoms with Crippen LogP contribution in [0.2, 0.25) is 0 Å². The number of anilines is 1. The van der Waals surface area contributed by atoms with E-state index in [4.69, 9.17) is 0 Å². The molecule has 1 aliphatic heterocycles. The lowest BCUT2D eigenvalue weighted by molar-refractivity contribution is 0.0942. The number of fused-ring (bicyclic) bond motifs is 1. The molecule has 4 rings (SSSR count). The monoisotopic (exact) mass is 314 g/mol. The van der Waals surface area contributed by atoms with E-state index in [0.717, 1.165) is 11.3 Å². The van der Waals surface area contributed by atoms with Crippen LogP contribution in [0, 0.1) is 0 Å². The van der Waals surface area contributed by atoms with Gasteiger partial charge in [-0.1, -0.05) is 66.7 Å². The van der Waals surface area contributed by atoms with Crippen LogP contribution in [0.5, 0.6) is 0 Å². The van der Waals surface area contributed by atoms with E-state index in [1.54, 1.807) is 0 Å². The molecule has 0 radical (unpaired) electrons. The molecule has 1 unspecified atom stereocenters. The van der Waals surface area contributed by atoms with Gasteiger partial charge in [0.25, 0.3) is 5.91 Å². The van der Waals surface area contributed by atoms with Crippen LogP contribution in [0.3, 0.4) is 0 Å². The Balaban J connectivity index is 1.58. The van der Waals surface area contributed by atoms with Gasteiger partial charge in [-0.3, -0.25) is 4.79 Å². The first-order valence-corrected chi connectivity index (χ1v) is 8.10. The van der Waals surface area contributed by atoms with Crippen LogP contribution in [0.1, 0.15) is 22.0 Å². The molecule has 1 heterocycles. The highest BCUT2D eigenvalue weighted by molar-refractivity contribution is 6.00. The fourth-order valence-corrected chi connectivity index (χ4v) is 3.07. The fraction of sp³-hybridized carbons (Fsp3) is 0.0952. The zero-order valence-electron chi connectivity index (χ0n) is 13.2. The quantitative estimate of drug-likeness (QED) is 0.742. The summed E-state index contributed by atoms with van der Waals surface area (Å²) in [4.78, 5) is 12.4. The molecule has 1 amide bonds. The molecular formula is C21H18N2O. The van der Waals surface area contributed by atoms with Crippen molar-refractivity contribution in [2.75, 3.05) is 11.9 Å². The maximum atomic E-state index is 12.4. The molecular weight excluding hydrogens is 296 g/mol. The van der Waals surface area contributed by atoms with E-state index >= 15 is 0 Å². The van der Waals surface area contributed by atoms with Crippen molar-refractivity contribution >= 4 is 11.6 Å². The van der Waals surface area contributed by atoms with E-state index in [-0.39, 0.29) is 11.9 Å². The third-order valence-corrected chi connectivity index (χ3v) is 4.39. The maximum absolute atomic E-state index is 12.4. The molecule has 0 saturated heterocycles. The lowest BCUT2D eigenvalue weighted by atomic mass is 10.0. The SMILES string of the molecule is O=C1NC(c2ccc(-c3ccccc3)cc2)CNc2ccccc21. The predicted molar refractivity (Wildman–Crippen MR) is 97.0 cm³/mol. The molecule has 0 fully saturated rings. The summed E-state index contributed by atoms with van der Waals surface area (Å²) in [6, 6.07) is 26.2. The van der Waals surface area contributed by atoms with Gasteiger partial charge in [0, 0.05) is 12.2 Å². The fourth-order valence-electron chi connectivity index (χ4n) is 3.07. The van der Waals surface area contributed by atoms with E-state index in [0.29, 0.717) is 12.1 Å². The summed E-state index contributed by atoms with van der Waals surface area (Å²) >= 11 is 0. The number of amides is 1. The molecule has 0 spiro atoms. The van der Waals surface area contributed by atoms with Crippen LogP contribution >= 0.6 is 0 Å². The van der Waals surface area contributed by atoms with Gasteiger partial charge in [0.15, 0.2) is 0 Å². The topological polar surface area (TPSA) is 41.1 Å². The van der Waals surface area contributed by atoms with Crippen LogP contribution in [-0.2, 0) is 0 Å². The van der Waals surface area contributed by atoms with Gasteiger partial charge in [-0.25, -0.2) is 0 Å². The number of para-hydroxylation sites is 1. The van der Waals surface area contributed by atoms with E-state index in [1.807, 2.05) is 42.5 Å². The van der Waals surface area contributed by atoms with Gasteiger partial charge in [0.2, 0.25) is 0 Å². The second-order valence-electron chi connectivity index (χ2n) is 5.94. The summed E-state index contributed by atoms with van der Waals surface area (Å²) in [6.07, 6.45) is 0. The van der Waals surface area contributed by atoms with Gasteiger partial charge >= 0.3 is 0 Å². The molecule has 1 aliphatic rings. The minimum Gasteiger partial charge on any atom is -0.382 e. The molecule has 24 heavy (non-hydrogen) atoms. The van der Waals surface area contributed by atoms with Gasteiger partial charge in [-0.05, 0) is 28.8 Å². The van der Waals surface area contributed by atoms with Gasteiger partial charge in [0.05, 0.1) is 11.6 Å². The van der Waals surface area contributed by atoms with Crippen LogP contribution in [-0.4, -0.2) is 12.5 Å². The first kappa shape index (κ1) is 14.5. The number of carbonyl (C=O) groups is 1. The van der Waals surface area contributed by atoms with Crippen molar-refractivity contribution in [2.45, 2.75) is 6.04 Å². The Bertz CT molecular complexity index is 857. The van der Waals surface area contributed by atoms with Crippen molar-refractivity contribution in [1.82, 2.24) is 5.32 Å². The van der Waals surface area contributed by atoms with Crippen molar-refractivity contribution in [3.05, 3.63) is 90.0 Å². The minimum absolute atomic E-state index is 0.0345. The molecule has 3 aromatic rings. The van der Waals surface area contributed by atoms with Gasteiger partial charge in [0.1, 0.15) is 0 Å². The van der Waals surface area contributed by atoms with E-state index in [9.17, 15) is 4.79 Å².